The van der Waals surface area contributed by atoms with Crippen LogP contribution in [0.15, 0.2) is 42.5 Å². The van der Waals surface area contributed by atoms with Gasteiger partial charge in [-0.2, -0.15) is 0 Å². The number of rotatable bonds is 3. The zero-order chi connectivity index (χ0) is 14.7. The zero-order valence-corrected chi connectivity index (χ0v) is 10.5. The number of phenolic OH excluding ortho intramolecular Hbond substituents is 1. The van der Waals surface area contributed by atoms with Crippen molar-refractivity contribution in [2.75, 3.05) is 11.1 Å². The lowest BCUT2D eigenvalue weighted by Crippen LogP contribution is -2.18. The summed E-state index contributed by atoms with van der Waals surface area (Å²) in [6.07, 6.45) is 0. The van der Waals surface area contributed by atoms with Gasteiger partial charge >= 0.3 is 0 Å². The maximum atomic E-state index is 12.1. The Morgan fingerprint density at radius 1 is 1.00 bits per heavy atom. The molecule has 102 valence electrons. The molecule has 0 saturated carbocycles. The van der Waals surface area contributed by atoms with Crippen LogP contribution in [0.3, 0.4) is 0 Å². The van der Waals surface area contributed by atoms with Gasteiger partial charge in [0.2, 0.25) is 0 Å². The third kappa shape index (κ3) is 2.54. The lowest BCUT2D eigenvalue weighted by atomic mass is 10.1. The number of benzene rings is 2. The number of phenols is 1. The Labute approximate surface area is 115 Å². The number of anilines is 2. The third-order valence-electron chi connectivity index (χ3n) is 2.75. The molecule has 2 amide bonds. The van der Waals surface area contributed by atoms with Gasteiger partial charge < -0.3 is 21.9 Å². The molecule has 6 N–H and O–H groups in total. The van der Waals surface area contributed by atoms with Crippen molar-refractivity contribution >= 4 is 23.2 Å². The van der Waals surface area contributed by atoms with Gasteiger partial charge in [-0.15, -0.1) is 0 Å². The highest BCUT2D eigenvalue weighted by molar-refractivity contribution is 6.10. The molecule has 0 atom stereocenters. The van der Waals surface area contributed by atoms with E-state index < -0.39 is 11.8 Å². The van der Waals surface area contributed by atoms with Crippen LogP contribution in [0.1, 0.15) is 20.7 Å². The number of carbonyl (C=O) groups is 2. The van der Waals surface area contributed by atoms with Crippen LogP contribution >= 0.6 is 0 Å². The molecule has 0 unspecified atom stereocenters. The number of amides is 2. The van der Waals surface area contributed by atoms with Gasteiger partial charge in [0.05, 0.1) is 22.5 Å². The second-order valence-electron chi connectivity index (χ2n) is 4.11. The molecule has 0 saturated heterocycles. The van der Waals surface area contributed by atoms with Crippen molar-refractivity contribution in [3.63, 3.8) is 0 Å². The molecular formula is C14H13N3O3. The molecule has 6 nitrogen and oxygen atoms in total. The van der Waals surface area contributed by atoms with E-state index in [2.05, 4.69) is 5.32 Å². The number of para-hydroxylation sites is 2. The van der Waals surface area contributed by atoms with Crippen LogP contribution in [0.25, 0.3) is 0 Å². The predicted molar refractivity (Wildman–Crippen MR) is 75.4 cm³/mol. The van der Waals surface area contributed by atoms with Crippen LogP contribution < -0.4 is 16.8 Å². The monoisotopic (exact) mass is 271 g/mol. The summed E-state index contributed by atoms with van der Waals surface area (Å²) < 4.78 is 0. The average molecular weight is 271 g/mol. The van der Waals surface area contributed by atoms with Crippen molar-refractivity contribution in [3.05, 3.63) is 53.6 Å². The number of primary amides is 1. The SMILES string of the molecule is NC(=O)c1ccccc1NC(=O)c1cccc(N)c1O. The highest BCUT2D eigenvalue weighted by Crippen LogP contribution is 2.25. The summed E-state index contributed by atoms with van der Waals surface area (Å²) in [6, 6.07) is 10.8. The highest BCUT2D eigenvalue weighted by Gasteiger charge is 2.15. The molecule has 0 aliphatic rings. The molecule has 0 fully saturated rings. The van der Waals surface area contributed by atoms with E-state index in [-0.39, 0.29) is 28.3 Å². The van der Waals surface area contributed by atoms with Crippen LogP contribution in [0.4, 0.5) is 11.4 Å². The van der Waals surface area contributed by atoms with Gasteiger partial charge in [-0.3, -0.25) is 9.59 Å². The number of nitrogen functional groups attached to an aromatic ring is 1. The van der Waals surface area contributed by atoms with E-state index in [9.17, 15) is 14.7 Å². The molecule has 0 spiro atoms. The molecule has 0 bridgehead atoms. The molecule has 0 aliphatic carbocycles. The zero-order valence-electron chi connectivity index (χ0n) is 10.5. The van der Waals surface area contributed by atoms with E-state index in [0.717, 1.165) is 0 Å². The number of carbonyl (C=O) groups excluding carboxylic acids is 2. The smallest absolute Gasteiger partial charge is 0.259 e. The van der Waals surface area contributed by atoms with E-state index in [1.54, 1.807) is 24.3 Å². The van der Waals surface area contributed by atoms with E-state index in [1.165, 1.54) is 18.2 Å². The summed E-state index contributed by atoms with van der Waals surface area (Å²) in [6.45, 7) is 0. The van der Waals surface area contributed by atoms with Gasteiger partial charge in [0, 0.05) is 0 Å². The van der Waals surface area contributed by atoms with Crippen LogP contribution in [-0.4, -0.2) is 16.9 Å². The first-order valence-electron chi connectivity index (χ1n) is 5.78. The van der Waals surface area contributed by atoms with Crippen LogP contribution in [0.2, 0.25) is 0 Å². The van der Waals surface area contributed by atoms with E-state index in [4.69, 9.17) is 11.5 Å². The second-order valence-corrected chi connectivity index (χ2v) is 4.11. The molecule has 2 rings (SSSR count). The van der Waals surface area contributed by atoms with Gasteiger partial charge in [-0.25, -0.2) is 0 Å². The summed E-state index contributed by atoms with van der Waals surface area (Å²) in [7, 11) is 0. The Balaban J connectivity index is 2.33. The quantitative estimate of drug-likeness (QED) is 0.497. The van der Waals surface area contributed by atoms with Crippen molar-refractivity contribution in [1.29, 1.82) is 0 Å². The first-order valence-corrected chi connectivity index (χ1v) is 5.78. The number of nitrogens with two attached hydrogens (primary N) is 2. The molecule has 0 aromatic heterocycles. The van der Waals surface area contributed by atoms with Crippen LogP contribution in [0, 0.1) is 0 Å². The fraction of sp³-hybridized carbons (Fsp3) is 0. The summed E-state index contributed by atoms with van der Waals surface area (Å²) in [5.74, 6) is -1.54. The third-order valence-corrected chi connectivity index (χ3v) is 2.75. The van der Waals surface area contributed by atoms with Crippen molar-refractivity contribution in [2.24, 2.45) is 5.73 Å². The number of hydrogen-bond donors (Lipinski definition) is 4. The fourth-order valence-electron chi connectivity index (χ4n) is 1.74. The van der Waals surface area contributed by atoms with Gasteiger partial charge in [0.25, 0.3) is 11.8 Å². The standard InChI is InChI=1S/C14H13N3O3/c15-10-6-3-5-9(12(10)18)14(20)17-11-7-2-1-4-8(11)13(16)19/h1-7,18H,15H2,(H2,16,19)(H,17,20). The number of hydrogen-bond acceptors (Lipinski definition) is 4. The maximum absolute atomic E-state index is 12.1. The minimum atomic E-state index is -0.655. The van der Waals surface area contributed by atoms with Crippen molar-refractivity contribution in [1.82, 2.24) is 0 Å². The first-order chi connectivity index (χ1) is 9.50. The van der Waals surface area contributed by atoms with E-state index >= 15 is 0 Å². The molecule has 2 aromatic carbocycles. The molecular weight excluding hydrogens is 258 g/mol. The van der Waals surface area contributed by atoms with Gasteiger partial charge in [0.15, 0.2) is 5.75 Å². The number of aromatic hydroxyl groups is 1. The Kier molecular flexibility index (Phi) is 3.56. The Morgan fingerprint density at radius 2 is 1.65 bits per heavy atom. The average Bonchev–Trinajstić information content (AvgIpc) is 2.42. The lowest BCUT2D eigenvalue weighted by molar-refractivity contribution is 0.100. The largest absolute Gasteiger partial charge is 0.505 e. The Hall–Kier alpha value is -3.02. The normalized spacial score (nSPS) is 10.0. The summed E-state index contributed by atoms with van der Waals surface area (Å²) in [4.78, 5) is 23.3. The Bertz CT molecular complexity index is 683. The number of nitrogens with one attached hydrogen (secondary N) is 1. The molecule has 0 heterocycles. The predicted octanol–water partition coefficient (Wildman–Crippen LogP) is 1.33. The minimum absolute atomic E-state index is 0.0178. The summed E-state index contributed by atoms with van der Waals surface area (Å²) in [5, 5.41) is 12.3. The van der Waals surface area contributed by atoms with Crippen LogP contribution in [-0.2, 0) is 0 Å². The van der Waals surface area contributed by atoms with Crippen molar-refractivity contribution in [3.8, 4) is 5.75 Å². The second kappa shape index (κ2) is 5.31. The maximum Gasteiger partial charge on any atom is 0.259 e. The summed E-state index contributed by atoms with van der Waals surface area (Å²) >= 11 is 0. The fourth-order valence-corrected chi connectivity index (χ4v) is 1.74. The van der Waals surface area contributed by atoms with Gasteiger partial charge in [0.1, 0.15) is 0 Å². The van der Waals surface area contributed by atoms with Crippen molar-refractivity contribution in [2.45, 2.75) is 0 Å². The van der Waals surface area contributed by atoms with E-state index in [1.807, 2.05) is 0 Å². The molecule has 2 aromatic rings. The lowest BCUT2D eigenvalue weighted by Gasteiger charge is -2.10. The molecule has 0 radical (unpaired) electrons. The van der Waals surface area contributed by atoms with Gasteiger partial charge in [-0.05, 0) is 24.3 Å². The van der Waals surface area contributed by atoms with Gasteiger partial charge in [-0.1, -0.05) is 18.2 Å². The highest BCUT2D eigenvalue weighted by atomic mass is 16.3. The molecule has 6 heteroatoms. The Morgan fingerprint density at radius 3 is 2.35 bits per heavy atom. The van der Waals surface area contributed by atoms with E-state index in [0.29, 0.717) is 0 Å². The first kappa shape index (κ1) is 13.4. The topological polar surface area (TPSA) is 118 Å². The molecule has 0 aliphatic heterocycles. The van der Waals surface area contributed by atoms with Crippen LogP contribution in [0.5, 0.6) is 5.75 Å². The minimum Gasteiger partial charge on any atom is -0.505 e. The summed E-state index contributed by atoms with van der Waals surface area (Å²) in [5.41, 5.74) is 11.3. The van der Waals surface area contributed by atoms with Crippen molar-refractivity contribution < 1.29 is 14.7 Å². The molecule has 20 heavy (non-hydrogen) atoms.